The number of rotatable bonds is 7. The van der Waals surface area contributed by atoms with Crippen molar-refractivity contribution in [2.45, 2.75) is 18.8 Å². The molecule has 2 aromatic rings. The maximum atomic E-state index is 12.2. The number of carbonyl (C=O) groups excluding carboxylic acids is 1. The summed E-state index contributed by atoms with van der Waals surface area (Å²) in [6.45, 7) is 0. The molecule has 1 amide bonds. The number of alkyl halides is 3. The van der Waals surface area contributed by atoms with Crippen LogP contribution in [-0.2, 0) is 9.59 Å². The summed E-state index contributed by atoms with van der Waals surface area (Å²) in [6.07, 6.45) is -5.64. The van der Waals surface area contributed by atoms with Crippen molar-refractivity contribution in [3.8, 4) is 17.0 Å². The highest BCUT2D eigenvalue weighted by Crippen LogP contribution is 2.25. The Morgan fingerprint density at radius 1 is 1.07 bits per heavy atom. The van der Waals surface area contributed by atoms with Crippen LogP contribution in [0.25, 0.3) is 11.3 Å². The molecule has 8 nitrogen and oxygen atoms in total. The third-order valence-corrected chi connectivity index (χ3v) is 3.35. The molecule has 1 heterocycles. The van der Waals surface area contributed by atoms with Crippen LogP contribution in [0, 0.1) is 0 Å². The molecule has 0 aliphatic heterocycles. The van der Waals surface area contributed by atoms with Crippen molar-refractivity contribution in [2.75, 3.05) is 0 Å². The number of benzene rings is 1. The highest BCUT2D eigenvalue weighted by Gasteiger charge is 2.31. The minimum Gasteiger partial charge on any atom is -0.481 e. The maximum Gasteiger partial charge on any atom is 0.573 e. The predicted molar refractivity (Wildman–Crippen MR) is 87.5 cm³/mol. The van der Waals surface area contributed by atoms with E-state index in [-0.39, 0.29) is 11.4 Å². The molecule has 0 radical (unpaired) electrons. The number of nitrogens with one attached hydrogen (secondary N) is 1. The molecule has 2 rings (SSSR count). The first-order valence-electron chi connectivity index (χ1n) is 7.64. The van der Waals surface area contributed by atoms with Gasteiger partial charge in [-0.05, 0) is 36.4 Å². The summed E-state index contributed by atoms with van der Waals surface area (Å²) in [7, 11) is 0. The number of carboxylic acids is 2. The van der Waals surface area contributed by atoms with Gasteiger partial charge in [0.1, 0.15) is 17.5 Å². The number of aliphatic carboxylic acids is 2. The van der Waals surface area contributed by atoms with Gasteiger partial charge in [-0.3, -0.25) is 9.59 Å². The first-order chi connectivity index (χ1) is 13.0. The molecule has 1 aromatic carbocycles. The molecule has 0 aliphatic rings. The number of amides is 1. The molecule has 148 valence electrons. The van der Waals surface area contributed by atoms with Crippen molar-refractivity contribution >= 4 is 17.8 Å². The van der Waals surface area contributed by atoms with Crippen molar-refractivity contribution in [3.63, 3.8) is 0 Å². The van der Waals surface area contributed by atoms with Gasteiger partial charge in [0.25, 0.3) is 5.91 Å². The van der Waals surface area contributed by atoms with Crippen molar-refractivity contribution in [1.29, 1.82) is 0 Å². The summed E-state index contributed by atoms with van der Waals surface area (Å²) in [4.78, 5) is 37.9. The lowest BCUT2D eigenvalue weighted by Crippen LogP contribution is -2.42. The van der Waals surface area contributed by atoms with Crippen molar-refractivity contribution in [1.82, 2.24) is 10.3 Å². The maximum absolute atomic E-state index is 12.2. The van der Waals surface area contributed by atoms with E-state index in [1.807, 2.05) is 0 Å². The molecule has 28 heavy (non-hydrogen) atoms. The molecule has 0 saturated heterocycles. The summed E-state index contributed by atoms with van der Waals surface area (Å²) in [5, 5.41) is 19.7. The number of pyridine rings is 1. The van der Waals surface area contributed by atoms with Crippen molar-refractivity contribution < 1.29 is 42.5 Å². The molecule has 11 heteroatoms. The first kappa shape index (κ1) is 20.7. The zero-order chi connectivity index (χ0) is 20.9. The van der Waals surface area contributed by atoms with Crippen LogP contribution in [0.1, 0.15) is 16.9 Å². The van der Waals surface area contributed by atoms with Crippen LogP contribution in [0.3, 0.4) is 0 Å². The Labute approximate surface area is 155 Å². The van der Waals surface area contributed by atoms with E-state index in [9.17, 15) is 27.6 Å². The fourth-order valence-corrected chi connectivity index (χ4v) is 2.16. The van der Waals surface area contributed by atoms with Crippen molar-refractivity contribution in [3.05, 3.63) is 48.2 Å². The predicted octanol–water partition coefficient (Wildman–Crippen LogP) is 2.30. The van der Waals surface area contributed by atoms with E-state index in [0.29, 0.717) is 5.56 Å². The largest absolute Gasteiger partial charge is 0.573 e. The molecule has 0 unspecified atom stereocenters. The van der Waals surface area contributed by atoms with Gasteiger partial charge in [0.15, 0.2) is 0 Å². The number of carboxylic acid groups (broad SMARTS) is 2. The van der Waals surface area contributed by atoms with Crippen LogP contribution in [0.2, 0.25) is 0 Å². The smallest absolute Gasteiger partial charge is 0.481 e. The van der Waals surface area contributed by atoms with Gasteiger partial charge in [-0.2, -0.15) is 0 Å². The zero-order valence-electron chi connectivity index (χ0n) is 13.9. The zero-order valence-corrected chi connectivity index (χ0v) is 13.9. The minimum absolute atomic E-state index is 0.190. The summed E-state index contributed by atoms with van der Waals surface area (Å²) >= 11 is 0. The number of ether oxygens (including phenoxy) is 1. The topological polar surface area (TPSA) is 126 Å². The molecule has 0 saturated carbocycles. The third-order valence-electron chi connectivity index (χ3n) is 3.35. The highest BCUT2D eigenvalue weighted by molar-refractivity contribution is 5.96. The SMILES string of the molecule is O=C(O)C[C@H](NC(=O)c1cccc(-c2ccc(OC(F)(F)F)cc2)n1)C(=O)O. The lowest BCUT2D eigenvalue weighted by atomic mass is 10.1. The van der Waals surface area contributed by atoms with Crippen LogP contribution in [-0.4, -0.2) is 45.4 Å². The quantitative estimate of drug-likeness (QED) is 0.653. The van der Waals surface area contributed by atoms with Crippen LogP contribution in [0.5, 0.6) is 5.75 Å². The molecular formula is C17H13F3N2O6. The molecule has 0 aliphatic carbocycles. The monoisotopic (exact) mass is 398 g/mol. The van der Waals surface area contributed by atoms with Gasteiger partial charge in [0.05, 0.1) is 12.1 Å². The number of halogens is 3. The molecule has 0 bridgehead atoms. The van der Waals surface area contributed by atoms with Crippen LogP contribution >= 0.6 is 0 Å². The first-order valence-corrected chi connectivity index (χ1v) is 7.64. The Balaban J connectivity index is 2.18. The van der Waals surface area contributed by atoms with Gasteiger partial charge >= 0.3 is 18.3 Å². The second kappa shape index (κ2) is 8.37. The Hall–Kier alpha value is -3.63. The summed E-state index contributed by atoms with van der Waals surface area (Å²) in [5.74, 6) is -4.27. The van der Waals surface area contributed by atoms with Gasteiger partial charge < -0.3 is 20.3 Å². The lowest BCUT2D eigenvalue weighted by molar-refractivity contribution is -0.274. The number of aromatic nitrogens is 1. The summed E-state index contributed by atoms with van der Waals surface area (Å²) in [6, 6.07) is 7.31. The van der Waals surface area contributed by atoms with Gasteiger partial charge in [0.2, 0.25) is 0 Å². The fraction of sp³-hybridized carbons (Fsp3) is 0.176. The van der Waals surface area contributed by atoms with E-state index in [2.05, 4.69) is 15.0 Å². The van der Waals surface area contributed by atoms with E-state index in [1.165, 1.54) is 30.3 Å². The van der Waals surface area contributed by atoms with Gasteiger partial charge in [-0.15, -0.1) is 13.2 Å². The normalized spacial score (nSPS) is 12.1. The Morgan fingerprint density at radius 3 is 2.25 bits per heavy atom. The molecule has 1 aromatic heterocycles. The van der Waals surface area contributed by atoms with E-state index >= 15 is 0 Å². The van der Waals surface area contributed by atoms with Gasteiger partial charge in [-0.1, -0.05) is 6.07 Å². The van der Waals surface area contributed by atoms with Gasteiger partial charge in [-0.25, -0.2) is 9.78 Å². The number of nitrogens with zero attached hydrogens (tertiary/aromatic N) is 1. The second-order valence-corrected chi connectivity index (χ2v) is 5.44. The number of hydrogen-bond acceptors (Lipinski definition) is 5. The second-order valence-electron chi connectivity index (χ2n) is 5.44. The Morgan fingerprint density at radius 2 is 1.71 bits per heavy atom. The summed E-state index contributed by atoms with van der Waals surface area (Å²) < 4.78 is 40.3. The molecule has 1 atom stereocenters. The van der Waals surface area contributed by atoms with E-state index in [1.54, 1.807) is 0 Å². The fourth-order valence-electron chi connectivity index (χ4n) is 2.16. The molecular weight excluding hydrogens is 385 g/mol. The Bertz CT molecular complexity index is 883. The van der Waals surface area contributed by atoms with Gasteiger partial charge in [0, 0.05) is 5.56 Å². The third kappa shape index (κ3) is 5.97. The molecule has 0 spiro atoms. The number of carbonyl (C=O) groups is 3. The Kier molecular flexibility index (Phi) is 6.18. The number of hydrogen-bond donors (Lipinski definition) is 3. The molecule has 0 fully saturated rings. The highest BCUT2D eigenvalue weighted by atomic mass is 19.4. The van der Waals surface area contributed by atoms with Crippen LogP contribution in [0.4, 0.5) is 13.2 Å². The average Bonchev–Trinajstić information content (AvgIpc) is 2.60. The van der Waals surface area contributed by atoms with E-state index < -0.39 is 42.4 Å². The lowest BCUT2D eigenvalue weighted by Gasteiger charge is -2.12. The van der Waals surface area contributed by atoms with E-state index in [0.717, 1.165) is 12.1 Å². The van der Waals surface area contributed by atoms with E-state index in [4.69, 9.17) is 10.2 Å². The molecule has 3 N–H and O–H groups in total. The van der Waals surface area contributed by atoms with Crippen LogP contribution in [0.15, 0.2) is 42.5 Å². The van der Waals surface area contributed by atoms with Crippen molar-refractivity contribution in [2.24, 2.45) is 0 Å². The summed E-state index contributed by atoms with van der Waals surface area (Å²) in [5.41, 5.74) is 0.422. The standard InChI is InChI=1S/C17H13F3N2O6/c18-17(19,20)28-10-6-4-9(5-7-10)11-2-1-3-12(21-11)15(25)22-13(16(26)27)8-14(23)24/h1-7,13H,8H2,(H,22,25)(H,23,24)(H,26,27)/t13-/m0/s1. The van der Waals surface area contributed by atoms with Crippen LogP contribution < -0.4 is 10.1 Å². The minimum atomic E-state index is -4.82. The average molecular weight is 398 g/mol.